The molecule has 28 heavy (non-hydrogen) atoms. The Labute approximate surface area is 184 Å². The third-order valence-electron chi connectivity index (χ3n) is 3.98. The Kier molecular flexibility index (Phi) is 11.4. The number of halogens is 1. The minimum Gasteiger partial charge on any atom is -0.493 e. The van der Waals surface area contributed by atoms with E-state index in [0.29, 0.717) is 43.8 Å². The highest BCUT2D eigenvalue weighted by Crippen LogP contribution is 2.30. The van der Waals surface area contributed by atoms with Gasteiger partial charge >= 0.3 is 0 Å². The number of ether oxygens (including phenoxy) is 3. The van der Waals surface area contributed by atoms with Gasteiger partial charge in [-0.25, -0.2) is 0 Å². The number of methoxy groups -OCH3 is 1. The largest absolute Gasteiger partial charge is 0.493 e. The van der Waals surface area contributed by atoms with E-state index in [-0.39, 0.29) is 24.0 Å². The number of nitrogens with one attached hydrogen (secondary N) is 2. The summed E-state index contributed by atoms with van der Waals surface area (Å²) in [5.41, 5.74) is 3.22. The number of nitrogens with zero attached hydrogens (tertiary/aromatic N) is 1. The quantitative estimate of drug-likeness (QED) is 0.304. The van der Waals surface area contributed by atoms with E-state index in [1.54, 1.807) is 14.2 Å². The molecule has 0 amide bonds. The highest BCUT2D eigenvalue weighted by atomic mass is 127. The number of anilines is 1. The van der Waals surface area contributed by atoms with Gasteiger partial charge in [-0.2, -0.15) is 0 Å². The van der Waals surface area contributed by atoms with Crippen LogP contribution < -0.4 is 20.1 Å². The van der Waals surface area contributed by atoms with Crippen molar-refractivity contribution < 1.29 is 14.2 Å². The molecule has 0 aliphatic heterocycles. The zero-order chi connectivity index (χ0) is 19.5. The Balaban J connectivity index is 0.00000392. The molecule has 2 aromatic rings. The SMILES string of the molecule is CCOCc1ccccc1CNC(=NC)Nc1ccc(OC)c(OCC)c1.I. The van der Waals surface area contributed by atoms with Crippen molar-refractivity contribution in [1.29, 1.82) is 0 Å². The second kappa shape index (κ2) is 13.2. The van der Waals surface area contributed by atoms with E-state index in [0.717, 1.165) is 5.69 Å². The number of benzene rings is 2. The summed E-state index contributed by atoms with van der Waals surface area (Å²) in [6.07, 6.45) is 0. The number of hydrogen-bond acceptors (Lipinski definition) is 4. The zero-order valence-corrected chi connectivity index (χ0v) is 19.3. The van der Waals surface area contributed by atoms with Gasteiger partial charge in [0, 0.05) is 32.0 Å². The lowest BCUT2D eigenvalue weighted by Gasteiger charge is -2.16. The molecule has 0 spiro atoms. The van der Waals surface area contributed by atoms with Crippen molar-refractivity contribution in [3.05, 3.63) is 53.6 Å². The van der Waals surface area contributed by atoms with Crippen LogP contribution in [0.15, 0.2) is 47.5 Å². The summed E-state index contributed by atoms with van der Waals surface area (Å²) in [6.45, 7) is 6.47. The molecule has 0 unspecified atom stereocenters. The Morgan fingerprint density at radius 2 is 1.75 bits per heavy atom. The third-order valence-corrected chi connectivity index (χ3v) is 3.98. The van der Waals surface area contributed by atoms with E-state index in [2.05, 4.69) is 27.8 Å². The van der Waals surface area contributed by atoms with Gasteiger partial charge < -0.3 is 24.8 Å². The van der Waals surface area contributed by atoms with Crippen LogP contribution in [0.2, 0.25) is 0 Å². The van der Waals surface area contributed by atoms with Crippen molar-refractivity contribution in [3.63, 3.8) is 0 Å². The summed E-state index contributed by atoms with van der Waals surface area (Å²) in [5, 5.41) is 6.63. The van der Waals surface area contributed by atoms with Crippen LogP contribution in [0.1, 0.15) is 25.0 Å². The first-order valence-corrected chi connectivity index (χ1v) is 9.14. The molecule has 0 heterocycles. The fourth-order valence-electron chi connectivity index (χ4n) is 2.60. The van der Waals surface area contributed by atoms with Crippen molar-refractivity contribution >= 4 is 35.6 Å². The lowest BCUT2D eigenvalue weighted by atomic mass is 10.1. The van der Waals surface area contributed by atoms with Crippen molar-refractivity contribution in [2.75, 3.05) is 32.7 Å². The molecule has 0 bridgehead atoms. The summed E-state index contributed by atoms with van der Waals surface area (Å²) in [5.74, 6) is 2.08. The maximum absolute atomic E-state index is 5.63. The minimum absolute atomic E-state index is 0. The second-order valence-corrected chi connectivity index (χ2v) is 5.76. The van der Waals surface area contributed by atoms with Gasteiger partial charge in [0.25, 0.3) is 0 Å². The second-order valence-electron chi connectivity index (χ2n) is 5.76. The van der Waals surface area contributed by atoms with Gasteiger partial charge in [0.05, 0.1) is 20.3 Å². The highest BCUT2D eigenvalue weighted by Gasteiger charge is 2.08. The molecule has 0 radical (unpaired) electrons. The van der Waals surface area contributed by atoms with Crippen molar-refractivity contribution in [2.45, 2.75) is 27.0 Å². The van der Waals surface area contributed by atoms with E-state index in [4.69, 9.17) is 14.2 Å². The molecule has 2 aromatic carbocycles. The summed E-state index contributed by atoms with van der Waals surface area (Å²) in [7, 11) is 3.37. The number of guanidine groups is 1. The molecule has 2 rings (SSSR count). The average Bonchev–Trinajstić information content (AvgIpc) is 2.70. The topological polar surface area (TPSA) is 64.1 Å². The fraction of sp³-hybridized carbons (Fsp3) is 0.381. The number of rotatable bonds is 9. The van der Waals surface area contributed by atoms with Gasteiger partial charge in [0.15, 0.2) is 17.5 Å². The van der Waals surface area contributed by atoms with Gasteiger partial charge in [-0.15, -0.1) is 24.0 Å². The Morgan fingerprint density at radius 3 is 2.39 bits per heavy atom. The molecule has 0 saturated carbocycles. The average molecular weight is 499 g/mol. The molecule has 0 saturated heterocycles. The molecule has 2 N–H and O–H groups in total. The molecular formula is C21H30IN3O3. The molecule has 0 fully saturated rings. The van der Waals surface area contributed by atoms with Crippen molar-refractivity contribution in [3.8, 4) is 11.5 Å². The van der Waals surface area contributed by atoms with E-state index >= 15 is 0 Å². The number of hydrogen-bond donors (Lipinski definition) is 2. The molecule has 0 atom stereocenters. The molecule has 7 heteroatoms. The van der Waals surface area contributed by atoms with Crippen LogP contribution >= 0.6 is 24.0 Å². The van der Waals surface area contributed by atoms with Crippen molar-refractivity contribution in [2.24, 2.45) is 4.99 Å². The van der Waals surface area contributed by atoms with Gasteiger partial charge in [0.1, 0.15) is 0 Å². The first kappa shape index (κ1) is 24.0. The highest BCUT2D eigenvalue weighted by molar-refractivity contribution is 14.0. The van der Waals surface area contributed by atoms with Gasteiger partial charge in [-0.3, -0.25) is 4.99 Å². The van der Waals surface area contributed by atoms with Crippen LogP contribution in [0.3, 0.4) is 0 Å². The summed E-state index contributed by atoms with van der Waals surface area (Å²) in [6, 6.07) is 13.9. The first-order valence-electron chi connectivity index (χ1n) is 9.14. The predicted molar refractivity (Wildman–Crippen MR) is 125 cm³/mol. The molecule has 0 aliphatic rings. The summed E-state index contributed by atoms with van der Waals surface area (Å²) in [4.78, 5) is 4.30. The van der Waals surface area contributed by atoms with E-state index in [9.17, 15) is 0 Å². The standard InChI is InChI=1S/C21H29N3O3.HI/c1-5-26-15-17-10-8-7-9-16(17)14-23-21(22-3)24-18-11-12-19(25-4)20(13-18)27-6-2;/h7-13H,5-6,14-15H2,1-4H3,(H2,22,23,24);1H. The molecular weight excluding hydrogens is 469 g/mol. The fourth-order valence-corrected chi connectivity index (χ4v) is 2.60. The minimum atomic E-state index is 0. The lowest BCUT2D eigenvalue weighted by Crippen LogP contribution is -2.30. The Bertz CT molecular complexity index is 753. The van der Waals surface area contributed by atoms with Gasteiger partial charge in [-0.1, -0.05) is 24.3 Å². The Morgan fingerprint density at radius 1 is 1.00 bits per heavy atom. The van der Waals surface area contributed by atoms with E-state index in [1.165, 1.54) is 11.1 Å². The maximum Gasteiger partial charge on any atom is 0.195 e. The van der Waals surface area contributed by atoms with Gasteiger partial charge in [-0.05, 0) is 37.1 Å². The van der Waals surface area contributed by atoms with Crippen LogP contribution in [-0.2, 0) is 17.9 Å². The molecule has 0 aliphatic carbocycles. The van der Waals surface area contributed by atoms with E-state index < -0.39 is 0 Å². The Hall–Kier alpha value is -2.00. The van der Waals surface area contributed by atoms with Crippen molar-refractivity contribution in [1.82, 2.24) is 5.32 Å². The van der Waals surface area contributed by atoms with E-state index in [1.807, 2.05) is 44.2 Å². The molecule has 154 valence electrons. The van der Waals surface area contributed by atoms with Crippen LogP contribution in [0.25, 0.3) is 0 Å². The summed E-state index contributed by atoms with van der Waals surface area (Å²) < 4.78 is 16.5. The number of aliphatic imine (C=N–C) groups is 1. The van der Waals surface area contributed by atoms with Crippen LogP contribution in [0, 0.1) is 0 Å². The van der Waals surface area contributed by atoms with Crippen LogP contribution in [0.4, 0.5) is 5.69 Å². The molecule has 6 nitrogen and oxygen atoms in total. The van der Waals surface area contributed by atoms with Crippen LogP contribution in [0.5, 0.6) is 11.5 Å². The summed E-state index contributed by atoms with van der Waals surface area (Å²) >= 11 is 0. The lowest BCUT2D eigenvalue weighted by molar-refractivity contribution is 0.133. The predicted octanol–water partition coefficient (Wildman–Crippen LogP) is 4.44. The zero-order valence-electron chi connectivity index (χ0n) is 17.0. The van der Waals surface area contributed by atoms with Crippen LogP contribution in [-0.4, -0.2) is 33.3 Å². The third kappa shape index (κ3) is 7.20. The maximum atomic E-state index is 5.63. The first-order chi connectivity index (χ1) is 13.2. The molecule has 0 aromatic heterocycles. The normalized spacial score (nSPS) is 10.8. The monoisotopic (exact) mass is 499 g/mol. The van der Waals surface area contributed by atoms with Gasteiger partial charge in [0.2, 0.25) is 0 Å². The smallest absolute Gasteiger partial charge is 0.195 e.